The van der Waals surface area contributed by atoms with Gasteiger partial charge in [0.25, 0.3) is 0 Å². The molecule has 9 heteroatoms. The molecular weight excluding hydrogens is 358 g/mol. The Morgan fingerprint density at radius 2 is 2.04 bits per heavy atom. The fourth-order valence-electron chi connectivity index (χ4n) is 2.66. The number of hydrogen-bond donors (Lipinski definition) is 1. The zero-order valence-electron chi connectivity index (χ0n) is 14.9. The predicted molar refractivity (Wildman–Crippen MR) is 99.1 cm³/mol. The first-order chi connectivity index (χ1) is 13.8. The molecule has 0 spiro atoms. The van der Waals surface area contributed by atoms with Gasteiger partial charge in [0.05, 0.1) is 0 Å². The minimum atomic E-state index is -0.118. The van der Waals surface area contributed by atoms with E-state index in [9.17, 15) is 4.79 Å². The molecule has 0 aliphatic heterocycles. The summed E-state index contributed by atoms with van der Waals surface area (Å²) < 4.78 is 6.79. The molecule has 0 aliphatic carbocycles. The van der Waals surface area contributed by atoms with Gasteiger partial charge in [0.2, 0.25) is 17.6 Å². The first kappa shape index (κ1) is 17.5. The summed E-state index contributed by atoms with van der Waals surface area (Å²) in [6.07, 6.45) is 5.28. The zero-order chi connectivity index (χ0) is 19.2. The molecule has 4 rings (SSSR count). The van der Waals surface area contributed by atoms with Crippen LogP contribution in [-0.2, 0) is 17.8 Å². The summed E-state index contributed by atoms with van der Waals surface area (Å²) in [6.45, 7) is 0.334. The summed E-state index contributed by atoms with van der Waals surface area (Å²) in [5.74, 6) is 1.46. The highest BCUT2D eigenvalue weighted by atomic mass is 16.5. The van der Waals surface area contributed by atoms with Crippen molar-refractivity contribution in [3.05, 3.63) is 72.8 Å². The van der Waals surface area contributed by atoms with Gasteiger partial charge in [0, 0.05) is 36.7 Å². The van der Waals surface area contributed by atoms with Crippen molar-refractivity contribution in [1.29, 1.82) is 0 Å². The Bertz CT molecular complexity index is 1050. The van der Waals surface area contributed by atoms with E-state index in [1.807, 2.05) is 42.5 Å². The van der Waals surface area contributed by atoms with Crippen molar-refractivity contribution in [3.8, 4) is 17.2 Å². The number of aryl methyl sites for hydroxylation is 1. The maximum absolute atomic E-state index is 12.2. The van der Waals surface area contributed by atoms with Crippen molar-refractivity contribution in [2.75, 3.05) is 0 Å². The molecule has 4 aromatic rings. The molecule has 1 aromatic carbocycles. The van der Waals surface area contributed by atoms with Crippen LogP contribution in [-0.4, -0.2) is 35.8 Å². The topological polar surface area (TPSA) is 112 Å². The van der Waals surface area contributed by atoms with Gasteiger partial charge in [-0.2, -0.15) is 10.1 Å². The lowest BCUT2D eigenvalue weighted by Gasteiger charge is -2.08. The van der Waals surface area contributed by atoms with Gasteiger partial charge in [-0.3, -0.25) is 4.79 Å². The van der Waals surface area contributed by atoms with Crippen LogP contribution in [0, 0.1) is 0 Å². The van der Waals surface area contributed by atoms with Crippen LogP contribution >= 0.6 is 0 Å². The molecule has 0 radical (unpaired) electrons. The molecular formula is C19H17N7O2. The molecule has 140 valence electrons. The normalized spacial score (nSPS) is 10.7. The van der Waals surface area contributed by atoms with E-state index >= 15 is 0 Å². The molecule has 0 atom stereocenters. The van der Waals surface area contributed by atoms with Gasteiger partial charge in [-0.05, 0) is 6.07 Å². The van der Waals surface area contributed by atoms with Crippen LogP contribution in [0.15, 0.2) is 65.8 Å². The van der Waals surface area contributed by atoms with E-state index in [2.05, 4.69) is 30.5 Å². The predicted octanol–water partition coefficient (Wildman–Crippen LogP) is 1.96. The van der Waals surface area contributed by atoms with Crippen LogP contribution in [0.4, 0.5) is 0 Å². The molecule has 9 nitrogen and oxygen atoms in total. The molecule has 3 aromatic heterocycles. The third-order valence-corrected chi connectivity index (χ3v) is 4.05. The SMILES string of the molecule is O=C(CCc1nc(-c2ccccc2)no1)NCc1cccnc1-n1cncn1. The second-order valence-electron chi connectivity index (χ2n) is 5.98. The van der Waals surface area contributed by atoms with Gasteiger partial charge < -0.3 is 9.84 Å². The van der Waals surface area contributed by atoms with Gasteiger partial charge in [0.15, 0.2) is 5.82 Å². The van der Waals surface area contributed by atoms with Crippen molar-refractivity contribution >= 4 is 5.91 Å². The number of nitrogens with zero attached hydrogens (tertiary/aromatic N) is 6. The van der Waals surface area contributed by atoms with E-state index in [0.29, 0.717) is 30.5 Å². The standard InChI is InChI=1S/C19H17N7O2/c27-16(8-9-17-24-18(25-28-17)14-5-2-1-3-6-14)22-11-15-7-4-10-21-19(15)26-13-20-12-23-26/h1-7,10,12-13H,8-9,11H2,(H,22,27). The van der Waals surface area contributed by atoms with E-state index in [1.54, 1.807) is 17.2 Å². The third-order valence-electron chi connectivity index (χ3n) is 4.05. The Kier molecular flexibility index (Phi) is 5.14. The second-order valence-corrected chi connectivity index (χ2v) is 5.98. The Hall–Kier alpha value is -3.88. The lowest BCUT2D eigenvalue weighted by molar-refractivity contribution is -0.121. The monoisotopic (exact) mass is 375 g/mol. The maximum atomic E-state index is 12.2. The summed E-state index contributed by atoms with van der Waals surface area (Å²) in [4.78, 5) is 24.8. The number of carbonyl (C=O) groups excluding carboxylic acids is 1. The molecule has 0 saturated carbocycles. The lowest BCUT2D eigenvalue weighted by Crippen LogP contribution is -2.24. The highest BCUT2D eigenvalue weighted by Crippen LogP contribution is 2.15. The number of nitrogens with one attached hydrogen (secondary N) is 1. The van der Waals surface area contributed by atoms with Crippen molar-refractivity contribution in [2.24, 2.45) is 0 Å². The highest BCUT2D eigenvalue weighted by molar-refractivity contribution is 5.76. The molecule has 0 unspecified atom stereocenters. The smallest absolute Gasteiger partial charge is 0.227 e. The van der Waals surface area contributed by atoms with Crippen LogP contribution in [0.3, 0.4) is 0 Å². The van der Waals surface area contributed by atoms with Gasteiger partial charge in [-0.25, -0.2) is 14.6 Å². The van der Waals surface area contributed by atoms with Crippen molar-refractivity contribution in [1.82, 2.24) is 35.2 Å². The number of aromatic nitrogens is 6. The summed E-state index contributed by atoms with van der Waals surface area (Å²) in [7, 11) is 0. The maximum Gasteiger partial charge on any atom is 0.227 e. The van der Waals surface area contributed by atoms with Crippen LogP contribution < -0.4 is 5.32 Å². The summed E-state index contributed by atoms with van der Waals surface area (Å²) in [5, 5.41) is 10.9. The van der Waals surface area contributed by atoms with Crippen molar-refractivity contribution in [2.45, 2.75) is 19.4 Å². The molecule has 28 heavy (non-hydrogen) atoms. The number of hydrogen-bond acceptors (Lipinski definition) is 7. The molecule has 0 aliphatic rings. The van der Waals surface area contributed by atoms with Crippen LogP contribution in [0.25, 0.3) is 17.2 Å². The fourth-order valence-corrected chi connectivity index (χ4v) is 2.66. The zero-order valence-corrected chi connectivity index (χ0v) is 14.9. The van der Waals surface area contributed by atoms with E-state index in [-0.39, 0.29) is 12.3 Å². The van der Waals surface area contributed by atoms with Crippen molar-refractivity contribution in [3.63, 3.8) is 0 Å². The van der Waals surface area contributed by atoms with Crippen LogP contribution in [0.5, 0.6) is 0 Å². The Morgan fingerprint density at radius 1 is 1.14 bits per heavy atom. The van der Waals surface area contributed by atoms with Gasteiger partial charge in [-0.15, -0.1) is 0 Å². The Labute approximate surface area is 160 Å². The average Bonchev–Trinajstić information content (AvgIpc) is 3.44. The number of pyridine rings is 1. The summed E-state index contributed by atoms with van der Waals surface area (Å²) >= 11 is 0. The molecule has 1 N–H and O–H groups in total. The van der Waals surface area contributed by atoms with E-state index in [1.165, 1.54) is 6.33 Å². The lowest BCUT2D eigenvalue weighted by atomic mass is 10.2. The fraction of sp³-hybridized carbons (Fsp3) is 0.158. The number of rotatable bonds is 7. The summed E-state index contributed by atoms with van der Waals surface area (Å²) in [6, 6.07) is 13.2. The molecule has 0 bridgehead atoms. The molecule has 0 fully saturated rings. The van der Waals surface area contributed by atoms with E-state index in [4.69, 9.17) is 4.52 Å². The first-order valence-electron chi connectivity index (χ1n) is 8.73. The van der Waals surface area contributed by atoms with Gasteiger partial charge in [0.1, 0.15) is 12.7 Å². The average molecular weight is 375 g/mol. The summed E-state index contributed by atoms with van der Waals surface area (Å²) in [5.41, 5.74) is 1.71. The quantitative estimate of drug-likeness (QED) is 0.525. The molecule has 0 saturated heterocycles. The third kappa shape index (κ3) is 4.09. The van der Waals surface area contributed by atoms with E-state index in [0.717, 1.165) is 11.1 Å². The number of carbonyl (C=O) groups is 1. The Morgan fingerprint density at radius 3 is 2.86 bits per heavy atom. The van der Waals surface area contributed by atoms with Crippen LogP contribution in [0.2, 0.25) is 0 Å². The first-order valence-corrected chi connectivity index (χ1v) is 8.73. The largest absolute Gasteiger partial charge is 0.352 e. The Balaban J connectivity index is 1.32. The number of amides is 1. The van der Waals surface area contributed by atoms with E-state index < -0.39 is 0 Å². The number of benzene rings is 1. The minimum Gasteiger partial charge on any atom is -0.352 e. The second kappa shape index (κ2) is 8.21. The van der Waals surface area contributed by atoms with Gasteiger partial charge >= 0.3 is 0 Å². The highest BCUT2D eigenvalue weighted by Gasteiger charge is 2.12. The van der Waals surface area contributed by atoms with Crippen molar-refractivity contribution < 1.29 is 9.32 Å². The molecule has 1 amide bonds. The minimum absolute atomic E-state index is 0.118. The van der Waals surface area contributed by atoms with Gasteiger partial charge in [-0.1, -0.05) is 41.6 Å². The molecule has 3 heterocycles. The van der Waals surface area contributed by atoms with Crippen LogP contribution in [0.1, 0.15) is 17.9 Å².